The van der Waals surface area contributed by atoms with Crippen LogP contribution < -0.4 is 10.2 Å². The monoisotopic (exact) mass is 574 g/mol. The molecule has 2 heterocycles. The van der Waals surface area contributed by atoms with Crippen molar-refractivity contribution in [3.05, 3.63) is 56.3 Å². The number of rotatable bonds is 5. The van der Waals surface area contributed by atoms with Gasteiger partial charge in [0.15, 0.2) is 0 Å². The Morgan fingerprint density at radius 2 is 1.78 bits per heavy atom. The maximum Gasteiger partial charge on any atom is 0.391 e. The molecule has 4 rings (SSSR count). The number of fused-ring (bicyclic) bond motifs is 1. The van der Waals surface area contributed by atoms with Crippen molar-refractivity contribution < 1.29 is 18.0 Å². The molecule has 0 atom stereocenters. The topological polar surface area (TPSA) is 61.0 Å². The van der Waals surface area contributed by atoms with Crippen molar-refractivity contribution in [1.29, 1.82) is 0 Å². The Balaban J connectivity index is 1.53. The van der Waals surface area contributed by atoms with Gasteiger partial charge < -0.3 is 15.2 Å². The number of halogens is 6. The maximum absolute atomic E-state index is 13.1. The molecule has 1 saturated heterocycles. The first kappa shape index (κ1) is 27.9. The van der Waals surface area contributed by atoms with E-state index in [1.54, 1.807) is 24.3 Å². The highest BCUT2D eigenvalue weighted by atomic mass is 35.5. The number of aromatic nitrogens is 2. The normalized spacial score (nSPS) is 15.4. The van der Waals surface area contributed by atoms with Crippen LogP contribution in [0.3, 0.4) is 0 Å². The molecular formula is C26H28Cl3F3N4O. The molecule has 1 aromatic heterocycles. The molecule has 2 aromatic carbocycles. The molecule has 1 aliphatic rings. The van der Waals surface area contributed by atoms with Crippen LogP contribution in [0, 0.1) is 11.3 Å². The number of hydrogen-bond acceptors (Lipinski definition) is 3. The number of amides is 1. The number of piperidine rings is 1. The van der Waals surface area contributed by atoms with Gasteiger partial charge >= 0.3 is 6.18 Å². The quantitative estimate of drug-likeness (QED) is 0.330. The lowest BCUT2D eigenvalue weighted by Gasteiger charge is -2.34. The van der Waals surface area contributed by atoms with Crippen LogP contribution in [-0.4, -0.2) is 35.1 Å². The molecule has 0 aliphatic carbocycles. The summed E-state index contributed by atoms with van der Waals surface area (Å²) in [5.74, 6) is -0.762. The molecule has 0 unspecified atom stereocenters. The van der Waals surface area contributed by atoms with E-state index in [0.717, 1.165) is 5.56 Å². The van der Waals surface area contributed by atoms with Gasteiger partial charge in [0, 0.05) is 36.5 Å². The van der Waals surface area contributed by atoms with Crippen LogP contribution in [-0.2, 0) is 17.8 Å². The van der Waals surface area contributed by atoms with Crippen LogP contribution in [0.5, 0.6) is 0 Å². The van der Waals surface area contributed by atoms with Crippen LogP contribution in [0.15, 0.2) is 24.3 Å². The Morgan fingerprint density at radius 1 is 1.11 bits per heavy atom. The molecule has 3 aromatic rings. The highest BCUT2D eigenvalue weighted by Crippen LogP contribution is 2.38. The van der Waals surface area contributed by atoms with E-state index < -0.39 is 17.5 Å². The fourth-order valence-electron chi connectivity index (χ4n) is 4.40. The predicted octanol–water partition coefficient (Wildman–Crippen LogP) is 7.55. The highest BCUT2D eigenvalue weighted by Gasteiger charge is 2.41. The van der Waals surface area contributed by atoms with E-state index in [2.05, 4.69) is 15.3 Å². The van der Waals surface area contributed by atoms with Crippen LogP contribution in [0.4, 0.5) is 18.9 Å². The summed E-state index contributed by atoms with van der Waals surface area (Å²) in [6, 6.07) is 7.06. The molecule has 1 aliphatic heterocycles. The van der Waals surface area contributed by atoms with Crippen molar-refractivity contribution in [2.75, 3.05) is 18.0 Å². The molecule has 0 saturated carbocycles. The fraction of sp³-hybridized carbons (Fsp3) is 0.462. The average molecular weight is 576 g/mol. The first-order valence-corrected chi connectivity index (χ1v) is 13.1. The van der Waals surface area contributed by atoms with Gasteiger partial charge in [-0.3, -0.25) is 4.79 Å². The third-order valence-electron chi connectivity index (χ3n) is 6.63. The van der Waals surface area contributed by atoms with Gasteiger partial charge in [0.25, 0.3) is 0 Å². The summed E-state index contributed by atoms with van der Waals surface area (Å²) in [5.41, 5.74) is 2.90. The number of aromatic amines is 1. The molecule has 5 nitrogen and oxygen atoms in total. The van der Waals surface area contributed by atoms with E-state index in [4.69, 9.17) is 34.8 Å². The first-order valence-electron chi connectivity index (χ1n) is 12.0. The van der Waals surface area contributed by atoms with Crippen molar-refractivity contribution in [3.8, 4) is 0 Å². The van der Waals surface area contributed by atoms with Gasteiger partial charge in [0.1, 0.15) is 5.82 Å². The summed E-state index contributed by atoms with van der Waals surface area (Å²) >= 11 is 19.6. The Kier molecular flexibility index (Phi) is 7.94. The van der Waals surface area contributed by atoms with Crippen molar-refractivity contribution in [3.63, 3.8) is 0 Å². The Hall–Kier alpha value is -2.16. The van der Waals surface area contributed by atoms with E-state index in [-0.39, 0.29) is 38.4 Å². The molecule has 200 valence electrons. The van der Waals surface area contributed by atoms with Crippen molar-refractivity contribution in [2.45, 2.75) is 52.8 Å². The summed E-state index contributed by atoms with van der Waals surface area (Å²) in [7, 11) is 0. The molecule has 37 heavy (non-hydrogen) atoms. The second-order valence-corrected chi connectivity index (χ2v) is 11.6. The van der Waals surface area contributed by atoms with Crippen molar-refractivity contribution in [1.82, 2.24) is 15.3 Å². The number of carbonyl (C=O) groups excluding carboxylic acids is 1. The van der Waals surface area contributed by atoms with Crippen LogP contribution in [0.25, 0.3) is 11.0 Å². The molecule has 2 N–H and O–H groups in total. The minimum atomic E-state index is -4.17. The molecular weight excluding hydrogens is 548 g/mol. The van der Waals surface area contributed by atoms with E-state index in [1.165, 1.54) is 0 Å². The van der Waals surface area contributed by atoms with Crippen molar-refractivity contribution in [2.24, 2.45) is 11.3 Å². The number of benzene rings is 2. The number of alkyl halides is 3. The maximum atomic E-state index is 13.1. The van der Waals surface area contributed by atoms with E-state index in [1.807, 2.05) is 25.7 Å². The number of H-pyrrole nitrogens is 1. The Bertz CT molecular complexity index is 1310. The number of nitrogens with one attached hydrogen (secondary N) is 2. The zero-order valence-electron chi connectivity index (χ0n) is 20.7. The summed E-state index contributed by atoms with van der Waals surface area (Å²) < 4.78 is 39.2. The first-order chi connectivity index (χ1) is 17.2. The number of hydrogen-bond donors (Lipinski definition) is 2. The summed E-state index contributed by atoms with van der Waals surface area (Å²) in [6.45, 7) is 6.32. The van der Waals surface area contributed by atoms with Crippen molar-refractivity contribution >= 4 is 57.4 Å². The summed E-state index contributed by atoms with van der Waals surface area (Å²) in [4.78, 5) is 22.0. The Labute approximate surface area is 228 Å². The predicted molar refractivity (Wildman–Crippen MR) is 143 cm³/mol. The van der Waals surface area contributed by atoms with Gasteiger partial charge in [-0.2, -0.15) is 13.2 Å². The summed E-state index contributed by atoms with van der Waals surface area (Å²) in [5, 5.41) is 4.27. The van der Waals surface area contributed by atoms with Gasteiger partial charge in [0.05, 0.1) is 32.7 Å². The zero-order valence-corrected chi connectivity index (χ0v) is 23.0. The molecule has 1 fully saturated rings. The van der Waals surface area contributed by atoms with Crippen LogP contribution in [0.2, 0.25) is 15.1 Å². The standard InChI is InChI=1S/C26H28Cl3F3N4O/c1-25(2,3)24(37)33-13-14-4-5-17(27)16(23(14)29)10-22-34-19-11-18(28)21(12-20(19)35-22)36-8-6-15(7-9-36)26(30,31)32/h4-5,11-12,15H,6-10,13H2,1-3H3,(H,33,37)(H,34,35). The largest absolute Gasteiger partial charge is 0.391 e. The zero-order chi connectivity index (χ0) is 27.1. The lowest BCUT2D eigenvalue weighted by Crippen LogP contribution is -2.39. The van der Waals surface area contributed by atoms with E-state index in [9.17, 15) is 18.0 Å². The van der Waals surface area contributed by atoms with Gasteiger partial charge in [-0.25, -0.2) is 4.98 Å². The van der Waals surface area contributed by atoms with E-state index in [0.29, 0.717) is 49.6 Å². The third kappa shape index (κ3) is 6.29. The SMILES string of the molecule is CC(C)(C)C(=O)NCc1ccc(Cl)c(Cc2nc3cc(N4CCC(C(F)(F)F)CC4)c(Cl)cc3[nH]2)c1Cl. The molecule has 1 amide bonds. The molecule has 11 heteroatoms. The molecule has 0 spiro atoms. The average Bonchev–Trinajstić information content (AvgIpc) is 3.20. The second-order valence-electron chi connectivity index (χ2n) is 10.4. The smallest absolute Gasteiger partial charge is 0.370 e. The number of carbonyl (C=O) groups is 1. The lowest BCUT2D eigenvalue weighted by molar-refractivity contribution is -0.179. The second kappa shape index (κ2) is 10.5. The summed E-state index contributed by atoms with van der Waals surface area (Å²) in [6.07, 6.45) is -3.78. The third-order valence-corrected chi connectivity index (χ3v) is 7.76. The van der Waals surface area contributed by atoms with E-state index >= 15 is 0 Å². The van der Waals surface area contributed by atoms with Gasteiger partial charge in [-0.1, -0.05) is 61.6 Å². The van der Waals surface area contributed by atoms with Gasteiger partial charge in [-0.05, 0) is 42.2 Å². The van der Waals surface area contributed by atoms with Gasteiger partial charge in [0.2, 0.25) is 5.91 Å². The number of nitrogens with zero attached hydrogens (tertiary/aromatic N) is 2. The lowest BCUT2D eigenvalue weighted by atomic mass is 9.95. The minimum Gasteiger partial charge on any atom is -0.370 e. The minimum absolute atomic E-state index is 0.0349. The number of anilines is 1. The molecule has 0 bridgehead atoms. The highest BCUT2D eigenvalue weighted by molar-refractivity contribution is 6.36. The Morgan fingerprint density at radius 3 is 2.41 bits per heavy atom. The fourth-order valence-corrected chi connectivity index (χ4v) is 5.25. The van der Waals surface area contributed by atoms with Gasteiger partial charge in [-0.15, -0.1) is 0 Å². The van der Waals surface area contributed by atoms with Crippen LogP contribution in [0.1, 0.15) is 50.6 Å². The van der Waals surface area contributed by atoms with Crippen LogP contribution >= 0.6 is 34.8 Å². The molecule has 0 radical (unpaired) electrons. The number of imidazole rings is 1.